The summed E-state index contributed by atoms with van der Waals surface area (Å²) in [6.45, 7) is 6.47. The lowest BCUT2D eigenvalue weighted by Gasteiger charge is -2.21. The molecule has 3 aromatic rings. The Bertz CT molecular complexity index is 927. The number of fused-ring (bicyclic) bond motifs is 1. The van der Waals surface area contributed by atoms with Crippen molar-refractivity contribution in [2.45, 2.75) is 32.2 Å². The Labute approximate surface area is 147 Å². The molecule has 1 fully saturated rings. The normalized spacial score (nSPS) is 22.8. The Morgan fingerprint density at radius 1 is 1.08 bits per heavy atom. The molecule has 128 valence electrons. The molecule has 4 heteroatoms. The highest BCUT2D eigenvalue weighted by molar-refractivity contribution is 5.85. The van der Waals surface area contributed by atoms with E-state index in [1.807, 2.05) is 51.2 Å². The molecule has 0 radical (unpaired) electrons. The van der Waals surface area contributed by atoms with E-state index in [-0.39, 0.29) is 0 Å². The number of benzene rings is 1. The van der Waals surface area contributed by atoms with Crippen molar-refractivity contribution in [3.8, 4) is 5.82 Å². The van der Waals surface area contributed by atoms with Gasteiger partial charge in [-0.25, -0.2) is 4.98 Å². The summed E-state index contributed by atoms with van der Waals surface area (Å²) in [5, 5.41) is 1.18. The van der Waals surface area contributed by atoms with Gasteiger partial charge in [-0.3, -0.25) is 4.57 Å². The van der Waals surface area contributed by atoms with Crippen molar-refractivity contribution in [3.63, 3.8) is 0 Å². The van der Waals surface area contributed by atoms with Gasteiger partial charge in [-0.05, 0) is 57.2 Å². The fourth-order valence-corrected chi connectivity index (χ4v) is 3.32. The van der Waals surface area contributed by atoms with Gasteiger partial charge in [0.15, 0.2) is 5.79 Å². The quantitative estimate of drug-likeness (QED) is 0.703. The second-order valence-electron chi connectivity index (χ2n) is 7.09. The van der Waals surface area contributed by atoms with E-state index in [0.717, 1.165) is 17.0 Å². The minimum absolute atomic E-state index is 0.436. The molecule has 0 N–H and O–H groups in total. The van der Waals surface area contributed by atoms with E-state index in [4.69, 9.17) is 9.47 Å². The number of hydrogen-bond donors (Lipinski definition) is 0. The van der Waals surface area contributed by atoms with Gasteiger partial charge in [0.2, 0.25) is 0 Å². The standard InChI is InChI=1S/C21H22N2O2/c1-20(2)24-15-21(3,25-20)12-11-17-14-16-8-4-5-9-18(16)23(17)19-10-6-7-13-22-19/h4-14H,15H2,1-3H3/b12-11+. The number of hydrogen-bond acceptors (Lipinski definition) is 3. The maximum Gasteiger partial charge on any atom is 0.164 e. The number of rotatable bonds is 3. The summed E-state index contributed by atoms with van der Waals surface area (Å²) >= 11 is 0. The molecule has 1 aliphatic rings. The fraction of sp³-hybridized carbons (Fsp3) is 0.286. The van der Waals surface area contributed by atoms with Crippen LogP contribution in [0.4, 0.5) is 0 Å². The second kappa shape index (κ2) is 5.83. The lowest BCUT2D eigenvalue weighted by atomic mass is 10.1. The number of aromatic nitrogens is 2. The molecule has 1 atom stereocenters. The highest BCUT2D eigenvalue weighted by Crippen LogP contribution is 2.33. The van der Waals surface area contributed by atoms with Crippen molar-refractivity contribution in [2.24, 2.45) is 0 Å². The average molecular weight is 334 g/mol. The van der Waals surface area contributed by atoms with Gasteiger partial charge in [0.05, 0.1) is 12.1 Å². The third-order valence-corrected chi connectivity index (χ3v) is 4.41. The van der Waals surface area contributed by atoms with Gasteiger partial charge >= 0.3 is 0 Å². The largest absolute Gasteiger partial charge is 0.347 e. The summed E-state index contributed by atoms with van der Waals surface area (Å²) in [7, 11) is 0. The van der Waals surface area contributed by atoms with Crippen molar-refractivity contribution in [3.05, 3.63) is 66.5 Å². The maximum absolute atomic E-state index is 6.04. The van der Waals surface area contributed by atoms with Crippen LogP contribution < -0.4 is 0 Å². The summed E-state index contributed by atoms with van der Waals surface area (Å²) in [5.74, 6) is 0.352. The Morgan fingerprint density at radius 2 is 1.88 bits per heavy atom. The second-order valence-corrected chi connectivity index (χ2v) is 7.09. The van der Waals surface area contributed by atoms with Gasteiger partial charge < -0.3 is 9.47 Å². The zero-order valence-electron chi connectivity index (χ0n) is 14.8. The third-order valence-electron chi connectivity index (χ3n) is 4.41. The van der Waals surface area contributed by atoms with Crippen molar-refractivity contribution >= 4 is 17.0 Å². The molecule has 1 saturated heterocycles. The van der Waals surface area contributed by atoms with Gasteiger partial charge in [-0.2, -0.15) is 0 Å². The van der Waals surface area contributed by atoms with Crippen LogP contribution in [-0.4, -0.2) is 27.5 Å². The fourth-order valence-electron chi connectivity index (χ4n) is 3.32. The lowest BCUT2D eigenvalue weighted by molar-refractivity contribution is -0.148. The van der Waals surface area contributed by atoms with E-state index < -0.39 is 11.4 Å². The zero-order valence-corrected chi connectivity index (χ0v) is 14.8. The number of pyridine rings is 1. The zero-order chi connectivity index (χ0) is 17.5. The molecule has 0 aliphatic carbocycles. The first kappa shape index (κ1) is 16.1. The van der Waals surface area contributed by atoms with E-state index in [2.05, 4.69) is 46.0 Å². The van der Waals surface area contributed by atoms with Gasteiger partial charge in [0.1, 0.15) is 11.4 Å². The minimum atomic E-state index is -0.549. The molecule has 4 rings (SSSR count). The summed E-state index contributed by atoms with van der Waals surface area (Å²) in [6.07, 6.45) is 5.99. The average Bonchev–Trinajstić information content (AvgIpc) is 3.11. The topological polar surface area (TPSA) is 36.3 Å². The Kier molecular flexibility index (Phi) is 3.74. The molecule has 0 saturated carbocycles. The van der Waals surface area contributed by atoms with Crippen LogP contribution in [0.2, 0.25) is 0 Å². The predicted octanol–water partition coefficient (Wildman–Crippen LogP) is 4.58. The molecule has 4 nitrogen and oxygen atoms in total. The van der Waals surface area contributed by atoms with Gasteiger partial charge in [-0.15, -0.1) is 0 Å². The van der Waals surface area contributed by atoms with E-state index in [1.165, 1.54) is 5.39 Å². The van der Waals surface area contributed by atoms with E-state index in [9.17, 15) is 0 Å². The highest BCUT2D eigenvalue weighted by Gasteiger charge is 2.40. The Hall–Kier alpha value is -2.43. The van der Waals surface area contributed by atoms with Crippen molar-refractivity contribution < 1.29 is 9.47 Å². The van der Waals surface area contributed by atoms with Crippen LogP contribution >= 0.6 is 0 Å². The summed E-state index contributed by atoms with van der Waals surface area (Å²) < 4.78 is 13.9. The molecule has 1 aliphatic heterocycles. The maximum atomic E-state index is 6.04. The molecule has 25 heavy (non-hydrogen) atoms. The predicted molar refractivity (Wildman–Crippen MR) is 99.6 cm³/mol. The lowest BCUT2D eigenvalue weighted by Crippen LogP contribution is -2.28. The van der Waals surface area contributed by atoms with Crippen molar-refractivity contribution in [1.82, 2.24) is 9.55 Å². The van der Waals surface area contributed by atoms with Crippen LogP contribution in [0, 0.1) is 0 Å². The number of nitrogens with zero attached hydrogens (tertiary/aromatic N) is 2. The molecular formula is C21H22N2O2. The first-order valence-electron chi connectivity index (χ1n) is 8.51. The van der Waals surface area contributed by atoms with E-state index in [1.54, 1.807) is 0 Å². The van der Waals surface area contributed by atoms with Gasteiger partial charge in [-0.1, -0.05) is 24.3 Å². The van der Waals surface area contributed by atoms with Crippen molar-refractivity contribution in [2.75, 3.05) is 6.61 Å². The third kappa shape index (κ3) is 3.11. The molecular weight excluding hydrogens is 312 g/mol. The van der Waals surface area contributed by atoms with Crippen LogP contribution in [0.15, 0.2) is 60.8 Å². The van der Waals surface area contributed by atoms with Crippen LogP contribution in [-0.2, 0) is 9.47 Å². The van der Waals surface area contributed by atoms with Gasteiger partial charge in [0.25, 0.3) is 0 Å². The molecule has 2 aromatic heterocycles. The first-order chi connectivity index (χ1) is 12.0. The van der Waals surface area contributed by atoms with Crippen LogP contribution in [0.1, 0.15) is 26.5 Å². The smallest absolute Gasteiger partial charge is 0.164 e. The highest BCUT2D eigenvalue weighted by atomic mass is 16.7. The molecule has 0 spiro atoms. The van der Waals surface area contributed by atoms with Crippen LogP contribution in [0.25, 0.3) is 22.8 Å². The number of para-hydroxylation sites is 1. The SMILES string of the molecule is CC1(/C=C/c2cc3ccccc3n2-c2ccccn2)COC(C)(C)O1. The van der Waals surface area contributed by atoms with E-state index in [0.29, 0.717) is 6.61 Å². The molecule has 1 unspecified atom stereocenters. The summed E-state index contributed by atoms with van der Waals surface area (Å²) in [4.78, 5) is 4.53. The summed E-state index contributed by atoms with van der Waals surface area (Å²) in [5.41, 5.74) is 1.76. The summed E-state index contributed by atoms with van der Waals surface area (Å²) in [6, 6.07) is 16.4. The monoisotopic (exact) mass is 334 g/mol. The Balaban J connectivity index is 1.79. The van der Waals surface area contributed by atoms with Crippen LogP contribution in [0.3, 0.4) is 0 Å². The number of ether oxygens (including phenoxy) is 2. The molecule has 3 heterocycles. The molecule has 0 amide bonds. The van der Waals surface area contributed by atoms with Gasteiger partial charge in [0, 0.05) is 17.3 Å². The molecule has 1 aromatic carbocycles. The molecule has 0 bridgehead atoms. The van der Waals surface area contributed by atoms with Crippen LogP contribution in [0.5, 0.6) is 0 Å². The first-order valence-corrected chi connectivity index (χ1v) is 8.51. The van der Waals surface area contributed by atoms with E-state index >= 15 is 0 Å². The minimum Gasteiger partial charge on any atom is -0.347 e. The van der Waals surface area contributed by atoms with Crippen molar-refractivity contribution in [1.29, 1.82) is 0 Å². The Morgan fingerprint density at radius 3 is 2.60 bits per heavy atom.